The van der Waals surface area contributed by atoms with Gasteiger partial charge in [-0.25, -0.2) is 4.79 Å². The molecule has 0 saturated heterocycles. The number of benzene rings is 1. The number of ether oxygens (including phenoxy) is 1. The van der Waals surface area contributed by atoms with E-state index < -0.39 is 17.3 Å². The van der Waals surface area contributed by atoms with E-state index in [0.717, 1.165) is 5.56 Å². The molecule has 16 heavy (non-hydrogen) atoms. The van der Waals surface area contributed by atoms with E-state index in [9.17, 15) is 9.59 Å². The monoisotopic (exact) mass is 221 g/mol. The van der Waals surface area contributed by atoms with Crippen LogP contribution in [0.15, 0.2) is 30.3 Å². The molecule has 0 aliphatic carbocycles. The van der Waals surface area contributed by atoms with Gasteiger partial charge in [-0.1, -0.05) is 30.3 Å². The number of hydrogen-bond donors (Lipinski definition) is 1. The van der Waals surface area contributed by atoms with E-state index in [1.165, 1.54) is 13.8 Å². The fraction of sp³-hybridized carbons (Fsp3) is 0.333. The molecule has 4 nitrogen and oxygen atoms in total. The van der Waals surface area contributed by atoms with Crippen molar-refractivity contribution in [2.24, 2.45) is 5.73 Å². The highest BCUT2D eigenvalue weighted by Crippen LogP contribution is 2.04. The van der Waals surface area contributed by atoms with Gasteiger partial charge in [-0.15, -0.1) is 0 Å². The summed E-state index contributed by atoms with van der Waals surface area (Å²) >= 11 is 0. The van der Waals surface area contributed by atoms with Gasteiger partial charge in [0.05, 0.1) is 5.54 Å². The molecule has 0 radical (unpaired) electrons. The van der Waals surface area contributed by atoms with Crippen LogP contribution in [0.5, 0.6) is 0 Å². The van der Waals surface area contributed by atoms with E-state index in [2.05, 4.69) is 0 Å². The van der Waals surface area contributed by atoms with Crippen molar-refractivity contribution in [1.29, 1.82) is 0 Å². The molecular formula is C12H15NO3. The first-order valence-corrected chi connectivity index (χ1v) is 4.95. The lowest BCUT2D eigenvalue weighted by atomic mass is 10.0. The topological polar surface area (TPSA) is 69.4 Å². The summed E-state index contributed by atoms with van der Waals surface area (Å²) in [7, 11) is 0. The van der Waals surface area contributed by atoms with Crippen molar-refractivity contribution in [3.63, 3.8) is 0 Å². The molecule has 0 atom stereocenters. The van der Waals surface area contributed by atoms with E-state index in [0.29, 0.717) is 0 Å². The van der Waals surface area contributed by atoms with Crippen LogP contribution in [0, 0.1) is 0 Å². The summed E-state index contributed by atoms with van der Waals surface area (Å²) < 4.78 is 4.85. The summed E-state index contributed by atoms with van der Waals surface area (Å²) in [5, 5.41) is 0. The Morgan fingerprint density at radius 1 is 1.25 bits per heavy atom. The third-order valence-corrected chi connectivity index (χ3v) is 1.98. The number of Topliss-reactive ketones (excluding diaryl/α,β-unsaturated/α-hetero) is 1. The van der Waals surface area contributed by atoms with Crippen LogP contribution in [-0.4, -0.2) is 17.3 Å². The molecule has 1 aromatic rings. The van der Waals surface area contributed by atoms with Gasteiger partial charge in [0.1, 0.15) is 6.61 Å². The SMILES string of the molecule is CC(C)(N)C(=O)C(=O)OCc1ccccc1. The highest BCUT2D eigenvalue weighted by Gasteiger charge is 2.30. The zero-order valence-corrected chi connectivity index (χ0v) is 9.40. The fourth-order valence-electron chi connectivity index (χ4n) is 1.05. The molecule has 86 valence electrons. The van der Waals surface area contributed by atoms with Crippen LogP contribution in [0.3, 0.4) is 0 Å². The highest BCUT2D eigenvalue weighted by atomic mass is 16.5. The fourth-order valence-corrected chi connectivity index (χ4v) is 1.05. The van der Waals surface area contributed by atoms with E-state index in [1.54, 1.807) is 0 Å². The van der Waals surface area contributed by atoms with Gasteiger partial charge in [0.15, 0.2) is 0 Å². The number of esters is 1. The molecule has 4 heteroatoms. The molecule has 0 heterocycles. The molecule has 0 spiro atoms. The third-order valence-electron chi connectivity index (χ3n) is 1.98. The lowest BCUT2D eigenvalue weighted by Gasteiger charge is -2.15. The first kappa shape index (κ1) is 12.4. The van der Waals surface area contributed by atoms with E-state index in [-0.39, 0.29) is 6.61 Å². The highest BCUT2D eigenvalue weighted by molar-refractivity contribution is 6.36. The maximum atomic E-state index is 11.4. The van der Waals surface area contributed by atoms with Crippen molar-refractivity contribution in [2.45, 2.75) is 26.0 Å². The van der Waals surface area contributed by atoms with Crippen LogP contribution in [0.25, 0.3) is 0 Å². The Morgan fingerprint density at radius 3 is 2.31 bits per heavy atom. The van der Waals surface area contributed by atoms with Gasteiger partial charge in [0.2, 0.25) is 0 Å². The van der Waals surface area contributed by atoms with Crippen molar-refractivity contribution in [1.82, 2.24) is 0 Å². The van der Waals surface area contributed by atoms with Crippen LogP contribution < -0.4 is 5.73 Å². The minimum Gasteiger partial charge on any atom is -0.455 e. The molecule has 0 aliphatic heterocycles. The Bertz CT molecular complexity index is 379. The largest absolute Gasteiger partial charge is 0.455 e. The van der Waals surface area contributed by atoms with Crippen molar-refractivity contribution in [3.05, 3.63) is 35.9 Å². The number of rotatable bonds is 4. The van der Waals surface area contributed by atoms with Crippen molar-refractivity contribution < 1.29 is 14.3 Å². The summed E-state index contributed by atoms with van der Waals surface area (Å²) in [6.07, 6.45) is 0. The Kier molecular flexibility index (Phi) is 3.79. The average Bonchev–Trinajstić information content (AvgIpc) is 2.25. The smallest absolute Gasteiger partial charge is 0.376 e. The molecular weight excluding hydrogens is 206 g/mol. The first-order valence-electron chi connectivity index (χ1n) is 4.95. The van der Waals surface area contributed by atoms with E-state index >= 15 is 0 Å². The Hall–Kier alpha value is -1.68. The molecule has 0 saturated carbocycles. The Morgan fingerprint density at radius 2 is 1.81 bits per heavy atom. The van der Waals surface area contributed by atoms with Crippen molar-refractivity contribution >= 4 is 11.8 Å². The zero-order valence-electron chi connectivity index (χ0n) is 9.40. The zero-order chi connectivity index (χ0) is 12.2. The second kappa shape index (κ2) is 4.90. The van der Waals surface area contributed by atoms with Crippen LogP contribution in [-0.2, 0) is 20.9 Å². The van der Waals surface area contributed by atoms with E-state index in [4.69, 9.17) is 10.5 Å². The third kappa shape index (κ3) is 3.47. The molecule has 0 fully saturated rings. The number of ketones is 1. The molecule has 0 bridgehead atoms. The summed E-state index contributed by atoms with van der Waals surface area (Å²) in [5.41, 5.74) is 5.14. The second-order valence-electron chi connectivity index (χ2n) is 4.11. The van der Waals surface area contributed by atoms with Crippen LogP contribution >= 0.6 is 0 Å². The lowest BCUT2D eigenvalue weighted by molar-refractivity contribution is -0.156. The van der Waals surface area contributed by atoms with Crippen LogP contribution in [0.2, 0.25) is 0 Å². The number of carbonyl (C=O) groups excluding carboxylic acids is 2. The van der Waals surface area contributed by atoms with Crippen LogP contribution in [0.4, 0.5) is 0 Å². The van der Waals surface area contributed by atoms with E-state index in [1.807, 2.05) is 30.3 Å². The average molecular weight is 221 g/mol. The van der Waals surface area contributed by atoms with Gasteiger partial charge >= 0.3 is 5.97 Å². The summed E-state index contributed by atoms with van der Waals surface area (Å²) in [6, 6.07) is 9.14. The number of nitrogens with two attached hydrogens (primary N) is 1. The summed E-state index contributed by atoms with van der Waals surface area (Å²) in [6.45, 7) is 3.03. The maximum absolute atomic E-state index is 11.4. The van der Waals surface area contributed by atoms with Gasteiger partial charge in [0, 0.05) is 0 Å². The minimum absolute atomic E-state index is 0.0848. The molecule has 2 N–H and O–H groups in total. The van der Waals surface area contributed by atoms with Gasteiger partial charge < -0.3 is 10.5 Å². The number of hydrogen-bond acceptors (Lipinski definition) is 4. The van der Waals surface area contributed by atoms with Crippen molar-refractivity contribution in [2.75, 3.05) is 0 Å². The molecule has 1 rings (SSSR count). The molecule has 0 unspecified atom stereocenters. The van der Waals surface area contributed by atoms with Crippen molar-refractivity contribution in [3.8, 4) is 0 Å². The molecule has 1 aromatic carbocycles. The predicted octanol–water partition coefficient (Wildman–Crippen LogP) is 1.04. The molecule has 0 aliphatic rings. The number of carbonyl (C=O) groups is 2. The van der Waals surface area contributed by atoms with Crippen LogP contribution in [0.1, 0.15) is 19.4 Å². The predicted molar refractivity (Wildman–Crippen MR) is 59.5 cm³/mol. The standard InChI is InChI=1S/C12H15NO3/c1-12(2,13)10(14)11(15)16-8-9-6-4-3-5-7-9/h3-7H,8,13H2,1-2H3. The Balaban J connectivity index is 2.51. The normalized spacial score (nSPS) is 10.9. The lowest BCUT2D eigenvalue weighted by Crippen LogP contribution is -2.46. The minimum atomic E-state index is -1.19. The summed E-state index contributed by atoms with van der Waals surface area (Å²) in [4.78, 5) is 22.7. The molecule has 0 aromatic heterocycles. The van der Waals surface area contributed by atoms with Gasteiger partial charge in [-0.2, -0.15) is 0 Å². The maximum Gasteiger partial charge on any atom is 0.376 e. The van der Waals surface area contributed by atoms with Gasteiger partial charge in [-0.05, 0) is 19.4 Å². The first-order chi connectivity index (χ1) is 7.41. The van der Waals surface area contributed by atoms with Gasteiger partial charge in [0.25, 0.3) is 5.78 Å². The van der Waals surface area contributed by atoms with Gasteiger partial charge in [-0.3, -0.25) is 4.79 Å². The quantitative estimate of drug-likeness (QED) is 0.609. The Labute approximate surface area is 94.4 Å². The summed E-state index contributed by atoms with van der Waals surface area (Å²) in [5.74, 6) is -1.61. The second-order valence-corrected chi connectivity index (χ2v) is 4.11. The molecule has 0 amide bonds.